The summed E-state index contributed by atoms with van der Waals surface area (Å²) >= 11 is 0. The van der Waals surface area contributed by atoms with Gasteiger partial charge in [-0.1, -0.05) is 54.3 Å². The first-order valence-electron chi connectivity index (χ1n) is 11.6. The Morgan fingerprint density at radius 3 is 1.90 bits per heavy atom. The first kappa shape index (κ1) is 29.8. The lowest BCUT2D eigenvalue weighted by molar-refractivity contribution is -0.301. The molecule has 4 aromatic rings. The Kier molecular flexibility index (Phi) is 8.62. The van der Waals surface area contributed by atoms with Crippen molar-refractivity contribution < 1.29 is 46.6 Å². The van der Waals surface area contributed by atoms with Gasteiger partial charge in [-0.15, -0.1) is 5.23 Å². The molecule has 1 aromatic heterocycles. The normalized spacial score (nSPS) is 12.0. The number of hydrazone groups is 1. The number of ether oxygens (including phenoxy) is 1. The van der Waals surface area contributed by atoms with Crippen molar-refractivity contribution in [3.8, 4) is 11.8 Å². The van der Waals surface area contributed by atoms with E-state index in [0.717, 1.165) is 12.3 Å². The van der Waals surface area contributed by atoms with Crippen LogP contribution >= 0.6 is 0 Å². The number of halogens is 6. The second-order valence-corrected chi connectivity index (χ2v) is 8.18. The zero-order chi connectivity index (χ0) is 30.5. The smallest absolute Gasteiger partial charge is 0.434 e. The number of rotatable bonds is 9. The molecule has 3 N–H and O–H groups in total. The number of para-hydroxylation sites is 3. The van der Waals surface area contributed by atoms with Crippen LogP contribution in [0.15, 0.2) is 84.0 Å². The molecule has 0 amide bonds. The average Bonchev–Trinajstić information content (AvgIpc) is 2.93. The Bertz CT molecular complexity index is 1470. The van der Waals surface area contributed by atoms with E-state index < -0.39 is 53.0 Å². The van der Waals surface area contributed by atoms with E-state index in [4.69, 9.17) is 10.4 Å². The molecule has 0 aliphatic heterocycles. The summed E-state index contributed by atoms with van der Waals surface area (Å²) in [5, 5.41) is 33.9. The van der Waals surface area contributed by atoms with E-state index in [-0.39, 0.29) is 5.56 Å². The van der Waals surface area contributed by atoms with Crippen LogP contribution in [0.2, 0.25) is 0 Å². The lowest BCUT2D eigenvalue weighted by Crippen LogP contribution is -2.47. The fourth-order valence-electron chi connectivity index (χ4n) is 3.47. The van der Waals surface area contributed by atoms with Gasteiger partial charge in [0.1, 0.15) is 0 Å². The molecule has 42 heavy (non-hydrogen) atoms. The summed E-state index contributed by atoms with van der Waals surface area (Å²) in [6.45, 7) is 0. The molecule has 3 aromatic carbocycles. The van der Waals surface area contributed by atoms with Crippen molar-refractivity contribution in [3.63, 3.8) is 0 Å². The first-order chi connectivity index (χ1) is 19.8. The second-order valence-electron chi connectivity index (χ2n) is 8.18. The number of benzene rings is 3. The van der Waals surface area contributed by atoms with Crippen LogP contribution in [0, 0.1) is 0 Å². The third-order valence-corrected chi connectivity index (χ3v) is 5.26. The molecular formula is C25H18F6N7O4-. The van der Waals surface area contributed by atoms with Crippen molar-refractivity contribution in [2.24, 2.45) is 5.10 Å². The molecule has 0 radical (unpaired) electrons. The molecule has 0 spiro atoms. The van der Waals surface area contributed by atoms with Crippen LogP contribution in [0.25, 0.3) is 0 Å². The summed E-state index contributed by atoms with van der Waals surface area (Å²) in [6.07, 6.45) is -15.1. The van der Waals surface area contributed by atoms with Crippen LogP contribution in [0.5, 0.6) is 11.8 Å². The van der Waals surface area contributed by atoms with Crippen molar-refractivity contribution >= 4 is 35.2 Å². The van der Waals surface area contributed by atoms with Gasteiger partial charge in [0.15, 0.2) is 0 Å². The van der Waals surface area contributed by atoms with Gasteiger partial charge < -0.3 is 9.84 Å². The summed E-state index contributed by atoms with van der Waals surface area (Å²) in [5.41, 5.74) is 2.27. The Morgan fingerprint density at radius 1 is 0.810 bits per heavy atom. The van der Waals surface area contributed by atoms with Crippen molar-refractivity contribution in [1.82, 2.24) is 15.0 Å². The SMILES string of the molecule is [O-]c1c(C=NNc2nc(OC(C(F)(F)F)C(F)(F)F)nc(N(c3ccccc3)c3ccccc3)n2)cccc1N(O)O. The fourth-order valence-corrected chi connectivity index (χ4v) is 3.47. The fraction of sp³-hybridized carbons (Fsp3) is 0.120. The maximum Gasteiger partial charge on any atom is 0.434 e. The molecule has 0 atom stereocenters. The molecule has 0 saturated carbocycles. The molecule has 0 aliphatic rings. The van der Waals surface area contributed by atoms with Gasteiger partial charge in [0.2, 0.25) is 5.95 Å². The van der Waals surface area contributed by atoms with Crippen molar-refractivity contribution in [1.29, 1.82) is 0 Å². The number of alkyl halides is 6. The topological polar surface area (TPSA) is 142 Å². The largest absolute Gasteiger partial charge is 0.870 e. The van der Waals surface area contributed by atoms with Crippen molar-refractivity contribution in [3.05, 3.63) is 84.4 Å². The van der Waals surface area contributed by atoms with E-state index in [1.165, 1.54) is 17.0 Å². The maximum atomic E-state index is 13.3. The Morgan fingerprint density at radius 2 is 1.38 bits per heavy atom. The summed E-state index contributed by atoms with van der Waals surface area (Å²) < 4.78 is 83.9. The molecule has 1 heterocycles. The van der Waals surface area contributed by atoms with Crippen LogP contribution in [-0.2, 0) is 0 Å². The summed E-state index contributed by atoms with van der Waals surface area (Å²) in [6, 6.07) is 18.5. The molecule has 0 aliphatic carbocycles. The van der Waals surface area contributed by atoms with Gasteiger partial charge in [0.25, 0.3) is 12.1 Å². The third kappa shape index (κ3) is 7.12. The Hall–Kier alpha value is -5.16. The predicted molar refractivity (Wildman–Crippen MR) is 134 cm³/mol. The van der Waals surface area contributed by atoms with Crippen LogP contribution in [0.1, 0.15) is 5.56 Å². The number of nitrogens with zero attached hydrogens (tertiary/aromatic N) is 6. The zero-order valence-corrected chi connectivity index (χ0v) is 20.8. The van der Waals surface area contributed by atoms with Gasteiger partial charge in [-0.05, 0) is 35.9 Å². The average molecular weight is 594 g/mol. The zero-order valence-electron chi connectivity index (χ0n) is 20.8. The highest BCUT2D eigenvalue weighted by atomic mass is 19.4. The van der Waals surface area contributed by atoms with Gasteiger partial charge in [-0.3, -0.25) is 15.3 Å². The monoisotopic (exact) mass is 594 g/mol. The molecule has 11 nitrogen and oxygen atoms in total. The quantitative estimate of drug-likeness (QED) is 0.132. The lowest BCUT2D eigenvalue weighted by Gasteiger charge is -2.25. The highest BCUT2D eigenvalue weighted by Gasteiger charge is 2.59. The van der Waals surface area contributed by atoms with E-state index in [2.05, 4.69) is 30.2 Å². The van der Waals surface area contributed by atoms with Crippen LogP contribution in [0.3, 0.4) is 0 Å². The van der Waals surface area contributed by atoms with E-state index in [1.807, 2.05) is 0 Å². The van der Waals surface area contributed by atoms with Crippen LogP contribution in [-0.4, -0.2) is 50.0 Å². The number of aromatic nitrogens is 3. The number of hydrogen-bond donors (Lipinski definition) is 3. The van der Waals surface area contributed by atoms with E-state index >= 15 is 0 Å². The van der Waals surface area contributed by atoms with Gasteiger partial charge in [0, 0.05) is 11.4 Å². The maximum absolute atomic E-state index is 13.3. The van der Waals surface area contributed by atoms with Gasteiger partial charge in [-0.25, -0.2) is 5.43 Å². The molecular weight excluding hydrogens is 576 g/mol. The van der Waals surface area contributed by atoms with Crippen molar-refractivity contribution in [2.75, 3.05) is 15.6 Å². The lowest BCUT2D eigenvalue weighted by atomic mass is 10.2. The van der Waals surface area contributed by atoms with Gasteiger partial charge >= 0.3 is 18.4 Å². The van der Waals surface area contributed by atoms with Crippen molar-refractivity contribution in [2.45, 2.75) is 18.5 Å². The third-order valence-electron chi connectivity index (χ3n) is 5.26. The minimum absolute atomic E-state index is 0.178. The van der Waals surface area contributed by atoms with Crippen LogP contribution in [0.4, 0.5) is 55.3 Å². The molecule has 0 bridgehead atoms. The van der Waals surface area contributed by atoms with Crippen LogP contribution < -0.4 is 25.4 Å². The van der Waals surface area contributed by atoms with E-state index in [9.17, 15) is 31.4 Å². The summed E-state index contributed by atoms with van der Waals surface area (Å²) in [4.78, 5) is 12.7. The van der Waals surface area contributed by atoms with Gasteiger partial charge in [0.05, 0.1) is 11.9 Å². The van der Waals surface area contributed by atoms with E-state index in [0.29, 0.717) is 11.4 Å². The summed E-state index contributed by atoms with van der Waals surface area (Å²) in [5.74, 6) is -1.97. The molecule has 0 unspecified atom stereocenters. The minimum atomic E-state index is -5.86. The molecule has 0 saturated heterocycles. The second kappa shape index (κ2) is 12.1. The molecule has 17 heteroatoms. The Balaban J connectivity index is 1.80. The Labute approximate surface area is 232 Å². The predicted octanol–water partition coefficient (Wildman–Crippen LogP) is 5.32. The number of nitrogens with one attached hydrogen (secondary N) is 1. The highest BCUT2D eigenvalue weighted by Crippen LogP contribution is 2.37. The minimum Gasteiger partial charge on any atom is -0.870 e. The highest BCUT2D eigenvalue weighted by molar-refractivity contribution is 5.86. The summed E-state index contributed by atoms with van der Waals surface area (Å²) in [7, 11) is 0. The molecule has 220 valence electrons. The molecule has 0 fully saturated rings. The molecule has 4 rings (SSSR count). The number of hydrogen-bond acceptors (Lipinski definition) is 11. The first-order valence-corrected chi connectivity index (χ1v) is 11.6. The van der Waals surface area contributed by atoms with Gasteiger partial charge in [-0.2, -0.15) is 46.4 Å². The number of anilines is 5. The standard InChI is InChI=1S/C25H19F6N7O4/c26-24(27,28)20(25(29,30)31)42-23-34-21(36-32-14-15-8-7-13-18(19(15)39)38(40)41)33-22(35-23)37(16-9-3-1-4-10-16)17-11-5-2-6-12-17/h1-14,20,39-41H,(H,33,34,35,36)/p-1. The van der Waals surface area contributed by atoms with E-state index in [1.54, 1.807) is 60.7 Å².